The second kappa shape index (κ2) is 5.23. The molecule has 2 aromatic heterocycles. The molecule has 0 radical (unpaired) electrons. The van der Waals surface area contributed by atoms with Crippen LogP contribution in [0.25, 0.3) is 0 Å². The van der Waals surface area contributed by atoms with Gasteiger partial charge in [0.1, 0.15) is 11.5 Å². The summed E-state index contributed by atoms with van der Waals surface area (Å²) in [6.07, 6.45) is 5.10. The number of pyridine rings is 1. The normalized spacial score (nSPS) is 22.7. The van der Waals surface area contributed by atoms with Crippen LogP contribution in [0.4, 0.5) is 5.82 Å². The summed E-state index contributed by atoms with van der Waals surface area (Å²) in [5, 5.41) is 4.48. The molecule has 0 spiro atoms. The Kier molecular flexibility index (Phi) is 3.21. The molecule has 2 atom stereocenters. The lowest BCUT2D eigenvalue weighted by Crippen LogP contribution is -2.23. The van der Waals surface area contributed by atoms with Crippen LogP contribution in [0.2, 0.25) is 0 Å². The molecular formula is C17H20N4O. The highest BCUT2D eigenvalue weighted by molar-refractivity contribution is 5.75. The van der Waals surface area contributed by atoms with Gasteiger partial charge in [-0.05, 0) is 36.8 Å². The van der Waals surface area contributed by atoms with Crippen LogP contribution >= 0.6 is 0 Å². The molecule has 2 unspecified atom stereocenters. The molecule has 1 saturated heterocycles. The Morgan fingerprint density at radius 1 is 1.27 bits per heavy atom. The maximum absolute atomic E-state index is 11.4. The molecule has 2 aromatic rings. The van der Waals surface area contributed by atoms with E-state index < -0.39 is 0 Å². The Morgan fingerprint density at radius 3 is 2.77 bits per heavy atom. The molecule has 0 bridgehead atoms. The molecule has 5 heteroatoms. The van der Waals surface area contributed by atoms with Crippen molar-refractivity contribution in [1.82, 2.24) is 14.8 Å². The van der Waals surface area contributed by atoms with Crippen LogP contribution in [0.3, 0.4) is 0 Å². The molecule has 1 saturated carbocycles. The SMILES string of the molecule is CCc1ccn(Cc2ccc(N3CC4CC4C3)nc2C=O)n1. The standard InChI is InChI=1S/C17H20N4O/c1-2-15-5-6-21(19-15)10-12-3-4-17(18-16(12)11-22)20-8-13-7-14(13)9-20/h3-6,11,13-14H,2,7-10H2,1H3. The fourth-order valence-corrected chi connectivity index (χ4v) is 3.34. The van der Waals surface area contributed by atoms with Crippen molar-refractivity contribution in [3.05, 3.63) is 41.3 Å². The van der Waals surface area contributed by atoms with E-state index in [2.05, 4.69) is 21.9 Å². The first-order valence-electron chi connectivity index (χ1n) is 7.99. The lowest BCUT2D eigenvalue weighted by molar-refractivity contribution is 0.111. The lowest BCUT2D eigenvalue weighted by atomic mass is 10.2. The minimum atomic E-state index is 0.534. The van der Waals surface area contributed by atoms with E-state index in [-0.39, 0.29) is 0 Å². The number of carbonyl (C=O) groups excluding carboxylic acids is 1. The van der Waals surface area contributed by atoms with Crippen molar-refractivity contribution in [2.75, 3.05) is 18.0 Å². The number of fused-ring (bicyclic) bond motifs is 1. The van der Waals surface area contributed by atoms with Gasteiger partial charge in [0, 0.05) is 24.8 Å². The molecule has 0 N–H and O–H groups in total. The highest BCUT2D eigenvalue weighted by Crippen LogP contribution is 2.45. The number of aromatic nitrogens is 3. The van der Waals surface area contributed by atoms with Crippen LogP contribution in [-0.2, 0) is 13.0 Å². The fraction of sp³-hybridized carbons (Fsp3) is 0.471. The molecule has 0 amide bonds. The first kappa shape index (κ1) is 13.5. The minimum absolute atomic E-state index is 0.534. The largest absolute Gasteiger partial charge is 0.356 e. The first-order valence-corrected chi connectivity index (χ1v) is 7.99. The number of nitrogens with zero attached hydrogens (tertiary/aromatic N) is 4. The average Bonchev–Trinajstić information content (AvgIpc) is 2.97. The Morgan fingerprint density at radius 2 is 2.09 bits per heavy atom. The molecule has 114 valence electrons. The van der Waals surface area contributed by atoms with Crippen LogP contribution in [0.5, 0.6) is 0 Å². The predicted molar refractivity (Wildman–Crippen MR) is 84.1 cm³/mol. The molecule has 2 fully saturated rings. The second-order valence-corrected chi connectivity index (χ2v) is 6.35. The van der Waals surface area contributed by atoms with Crippen LogP contribution in [0.15, 0.2) is 24.4 Å². The van der Waals surface area contributed by atoms with Gasteiger partial charge >= 0.3 is 0 Å². The molecule has 4 rings (SSSR count). The average molecular weight is 296 g/mol. The van der Waals surface area contributed by atoms with Gasteiger partial charge < -0.3 is 4.90 Å². The van der Waals surface area contributed by atoms with Crippen molar-refractivity contribution < 1.29 is 4.79 Å². The Labute approximate surface area is 130 Å². The third-order valence-electron chi connectivity index (χ3n) is 4.80. The van der Waals surface area contributed by atoms with Gasteiger partial charge in [-0.1, -0.05) is 13.0 Å². The molecule has 2 aliphatic rings. The van der Waals surface area contributed by atoms with E-state index in [0.29, 0.717) is 12.2 Å². The highest BCUT2D eigenvalue weighted by atomic mass is 16.1. The van der Waals surface area contributed by atoms with Crippen molar-refractivity contribution in [2.45, 2.75) is 26.3 Å². The maximum atomic E-state index is 11.4. The molecule has 5 nitrogen and oxygen atoms in total. The van der Waals surface area contributed by atoms with E-state index in [0.717, 1.165) is 54.7 Å². The van der Waals surface area contributed by atoms with Crippen LogP contribution < -0.4 is 4.90 Å². The summed E-state index contributed by atoms with van der Waals surface area (Å²) < 4.78 is 1.87. The zero-order chi connectivity index (χ0) is 15.1. The van der Waals surface area contributed by atoms with E-state index in [9.17, 15) is 4.79 Å². The zero-order valence-corrected chi connectivity index (χ0v) is 12.8. The number of hydrogen-bond donors (Lipinski definition) is 0. The van der Waals surface area contributed by atoms with Gasteiger partial charge in [-0.25, -0.2) is 4.98 Å². The van der Waals surface area contributed by atoms with Crippen molar-refractivity contribution in [1.29, 1.82) is 0 Å². The highest BCUT2D eigenvalue weighted by Gasteiger charge is 2.45. The molecular weight excluding hydrogens is 276 g/mol. The molecule has 1 aliphatic heterocycles. The van der Waals surface area contributed by atoms with Gasteiger partial charge in [0.15, 0.2) is 6.29 Å². The number of carbonyl (C=O) groups is 1. The van der Waals surface area contributed by atoms with Gasteiger partial charge in [-0.2, -0.15) is 5.10 Å². The fourth-order valence-electron chi connectivity index (χ4n) is 3.34. The number of anilines is 1. The molecule has 3 heterocycles. The summed E-state index contributed by atoms with van der Waals surface area (Å²) in [4.78, 5) is 18.3. The Balaban J connectivity index is 1.55. The van der Waals surface area contributed by atoms with Gasteiger partial charge in [-0.3, -0.25) is 9.48 Å². The molecule has 1 aliphatic carbocycles. The smallest absolute Gasteiger partial charge is 0.168 e. The van der Waals surface area contributed by atoms with E-state index in [1.165, 1.54) is 6.42 Å². The molecule has 22 heavy (non-hydrogen) atoms. The van der Waals surface area contributed by atoms with Crippen LogP contribution in [-0.4, -0.2) is 34.1 Å². The third kappa shape index (κ3) is 2.40. The summed E-state index contributed by atoms with van der Waals surface area (Å²) in [5.41, 5.74) is 2.52. The summed E-state index contributed by atoms with van der Waals surface area (Å²) >= 11 is 0. The molecule has 0 aromatic carbocycles. The van der Waals surface area contributed by atoms with E-state index in [4.69, 9.17) is 0 Å². The number of hydrogen-bond acceptors (Lipinski definition) is 4. The number of piperidine rings is 1. The Bertz CT molecular complexity index is 698. The van der Waals surface area contributed by atoms with Crippen molar-refractivity contribution in [3.63, 3.8) is 0 Å². The van der Waals surface area contributed by atoms with Gasteiger partial charge in [0.25, 0.3) is 0 Å². The number of aryl methyl sites for hydroxylation is 1. The van der Waals surface area contributed by atoms with Crippen molar-refractivity contribution >= 4 is 12.1 Å². The lowest BCUT2D eigenvalue weighted by Gasteiger charge is -2.19. The van der Waals surface area contributed by atoms with Gasteiger partial charge in [0.2, 0.25) is 0 Å². The third-order valence-corrected chi connectivity index (χ3v) is 4.80. The monoisotopic (exact) mass is 296 g/mol. The predicted octanol–water partition coefficient (Wildman–Crippen LogP) is 2.16. The number of rotatable bonds is 5. The summed E-state index contributed by atoms with van der Waals surface area (Å²) in [6, 6.07) is 6.07. The quantitative estimate of drug-likeness (QED) is 0.793. The Hall–Kier alpha value is -2.17. The van der Waals surface area contributed by atoms with Gasteiger partial charge in [0.05, 0.1) is 12.2 Å². The van der Waals surface area contributed by atoms with E-state index >= 15 is 0 Å². The van der Waals surface area contributed by atoms with Crippen LogP contribution in [0.1, 0.15) is 35.1 Å². The number of aldehydes is 1. The topological polar surface area (TPSA) is 51.0 Å². The maximum Gasteiger partial charge on any atom is 0.168 e. The summed E-state index contributed by atoms with van der Waals surface area (Å²) in [6.45, 7) is 4.86. The van der Waals surface area contributed by atoms with Gasteiger partial charge in [-0.15, -0.1) is 0 Å². The zero-order valence-electron chi connectivity index (χ0n) is 12.8. The second-order valence-electron chi connectivity index (χ2n) is 6.35. The van der Waals surface area contributed by atoms with E-state index in [1.807, 2.05) is 29.1 Å². The van der Waals surface area contributed by atoms with Crippen LogP contribution in [0, 0.1) is 11.8 Å². The summed E-state index contributed by atoms with van der Waals surface area (Å²) in [5.74, 6) is 2.66. The van der Waals surface area contributed by atoms with Crippen molar-refractivity contribution in [3.8, 4) is 0 Å². The van der Waals surface area contributed by atoms with Crippen molar-refractivity contribution in [2.24, 2.45) is 11.8 Å². The first-order chi connectivity index (χ1) is 10.8. The van der Waals surface area contributed by atoms with E-state index in [1.54, 1.807) is 0 Å². The minimum Gasteiger partial charge on any atom is -0.356 e. The summed E-state index contributed by atoms with van der Waals surface area (Å²) in [7, 11) is 0.